The summed E-state index contributed by atoms with van der Waals surface area (Å²) in [5.41, 5.74) is 0. The fraction of sp³-hybridized carbons (Fsp3) is 0.833. The van der Waals surface area contributed by atoms with E-state index in [-0.39, 0.29) is 0 Å². The Morgan fingerprint density at radius 1 is 0.429 bits per heavy atom. The summed E-state index contributed by atoms with van der Waals surface area (Å²) in [6.07, 6.45) is 21.2. The second-order valence-corrected chi connectivity index (χ2v) is 7.80. The first-order valence-electron chi connectivity index (χ1n) is 11.5. The van der Waals surface area contributed by atoms with Crippen LogP contribution < -0.4 is 0 Å². The summed E-state index contributed by atoms with van der Waals surface area (Å²) in [6.45, 7) is 0. The molecule has 0 aromatic carbocycles. The number of carbonyl (C=O) groups is 2. The van der Waals surface area contributed by atoms with Crippen molar-refractivity contribution in [3.05, 3.63) is 0 Å². The Morgan fingerprint density at radius 3 is 0.964 bits per heavy atom. The number of carboxylic acids is 2. The third kappa shape index (κ3) is 24.5. The summed E-state index contributed by atoms with van der Waals surface area (Å²) in [5.74, 6) is 5.24. The molecule has 0 aromatic rings. The molecule has 0 fully saturated rings. The average Bonchev–Trinajstić information content (AvgIpc) is 2.65. The van der Waals surface area contributed by atoms with Crippen LogP contribution in [0, 0.1) is 11.8 Å². The Morgan fingerprint density at radius 2 is 0.679 bits per heavy atom. The van der Waals surface area contributed by atoms with E-state index in [0.717, 1.165) is 51.4 Å². The molecule has 0 amide bonds. The van der Waals surface area contributed by atoms with Gasteiger partial charge in [0.05, 0.1) is 0 Å². The summed E-state index contributed by atoms with van der Waals surface area (Å²) in [4.78, 5) is 20.8. The van der Waals surface area contributed by atoms with E-state index in [1.807, 2.05) is 0 Å². The lowest BCUT2D eigenvalue weighted by atomic mass is 10.1. The molecule has 0 saturated carbocycles. The molecule has 0 aliphatic carbocycles. The van der Waals surface area contributed by atoms with Gasteiger partial charge in [0.1, 0.15) is 0 Å². The van der Waals surface area contributed by atoms with Crippen molar-refractivity contribution < 1.29 is 19.8 Å². The molecule has 0 unspecified atom stereocenters. The van der Waals surface area contributed by atoms with Crippen LogP contribution >= 0.6 is 0 Å². The Labute approximate surface area is 172 Å². The predicted molar refractivity (Wildman–Crippen MR) is 115 cm³/mol. The van der Waals surface area contributed by atoms with Gasteiger partial charge in [0.2, 0.25) is 0 Å². The molecule has 0 heterocycles. The maximum atomic E-state index is 10.4. The van der Waals surface area contributed by atoms with Gasteiger partial charge in [-0.15, -0.1) is 11.8 Å². The molecule has 0 saturated heterocycles. The van der Waals surface area contributed by atoms with Gasteiger partial charge < -0.3 is 10.2 Å². The van der Waals surface area contributed by atoms with Crippen LogP contribution in [-0.4, -0.2) is 22.2 Å². The molecule has 0 aliphatic rings. The molecule has 2 N–H and O–H groups in total. The average molecular weight is 395 g/mol. The van der Waals surface area contributed by atoms with Gasteiger partial charge in [0.15, 0.2) is 0 Å². The summed E-state index contributed by atoms with van der Waals surface area (Å²) >= 11 is 0. The lowest BCUT2D eigenvalue weighted by Gasteiger charge is -2.00. The number of hydrogen-bond donors (Lipinski definition) is 2. The van der Waals surface area contributed by atoms with Crippen molar-refractivity contribution in [3.63, 3.8) is 0 Å². The van der Waals surface area contributed by atoms with E-state index in [9.17, 15) is 9.59 Å². The molecule has 4 nitrogen and oxygen atoms in total. The first-order chi connectivity index (χ1) is 13.6. The highest BCUT2D eigenvalue weighted by molar-refractivity contribution is 5.66. The van der Waals surface area contributed by atoms with E-state index in [4.69, 9.17) is 10.2 Å². The van der Waals surface area contributed by atoms with E-state index in [2.05, 4.69) is 11.8 Å². The highest BCUT2D eigenvalue weighted by Crippen LogP contribution is 2.11. The van der Waals surface area contributed by atoms with Gasteiger partial charge in [0, 0.05) is 25.7 Å². The lowest BCUT2D eigenvalue weighted by molar-refractivity contribution is -0.138. The minimum Gasteiger partial charge on any atom is -0.481 e. The number of aliphatic carboxylic acids is 2. The fourth-order valence-corrected chi connectivity index (χ4v) is 3.28. The summed E-state index contributed by atoms with van der Waals surface area (Å²) in [7, 11) is 0. The first kappa shape index (κ1) is 26.5. The monoisotopic (exact) mass is 394 g/mol. The zero-order chi connectivity index (χ0) is 20.7. The van der Waals surface area contributed by atoms with Crippen LogP contribution in [0.25, 0.3) is 0 Å². The quantitative estimate of drug-likeness (QED) is 0.173. The highest BCUT2D eigenvalue weighted by atomic mass is 16.4. The largest absolute Gasteiger partial charge is 0.481 e. The summed E-state index contributed by atoms with van der Waals surface area (Å²) in [6, 6.07) is 0. The maximum absolute atomic E-state index is 10.4. The Kier molecular flexibility index (Phi) is 20.6. The van der Waals surface area contributed by atoms with Crippen LogP contribution in [0.4, 0.5) is 0 Å². The molecule has 28 heavy (non-hydrogen) atoms. The van der Waals surface area contributed by atoms with E-state index in [0.29, 0.717) is 12.8 Å². The molecule has 162 valence electrons. The summed E-state index contributed by atoms with van der Waals surface area (Å²) in [5, 5.41) is 17.1. The van der Waals surface area contributed by atoms with Gasteiger partial charge in [-0.25, -0.2) is 0 Å². The minimum absolute atomic E-state index is 0.314. The van der Waals surface area contributed by atoms with Crippen molar-refractivity contribution >= 4 is 11.9 Å². The van der Waals surface area contributed by atoms with Crippen LogP contribution in [0.5, 0.6) is 0 Å². The molecule has 0 bridgehead atoms. The topological polar surface area (TPSA) is 74.6 Å². The molecule has 0 aromatic heterocycles. The van der Waals surface area contributed by atoms with Gasteiger partial charge in [-0.05, 0) is 25.7 Å². The van der Waals surface area contributed by atoms with Crippen molar-refractivity contribution in [2.75, 3.05) is 0 Å². The van der Waals surface area contributed by atoms with Gasteiger partial charge in [-0.3, -0.25) is 9.59 Å². The van der Waals surface area contributed by atoms with Gasteiger partial charge in [0.25, 0.3) is 0 Å². The van der Waals surface area contributed by atoms with Gasteiger partial charge in [-0.2, -0.15) is 0 Å². The molecular formula is C24H42O4. The second-order valence-electron chi connectivity index (χ2n) is 7.80. The number of unbranched alkanes of at least 4 members (excludes halogenated alkanes) is 16. The van der Waals surface area contributed by atoms with Gasteiger partial charge >= 0.3 is 11.9 Å². The Hall–Kier alpha value is -1.50. The molecule has 4 heteroatoms. The molecule has 0 radical (unpaired) electrons. The van der Waals surface area contributed by atoms with Crippen molar-refractivity contribution in [1.29, 1.82) is 0 Å². The smallest absolute Gasteiger partial charge is 0.303 e. The maximum Gasteiger partial charge on any atom is 0.303 e. The fourth-order valence-electron chi connectivity index (χ4n) is 3.28. The lowest BCUT2D eigenvalue weighted by Crippen LogP contribution is -1.93. The first-order valence-corrected chi connectivity index (χ1v) is 11.5. The number of carboxylic acid groups (broad SMARTS) is 2. The van der Waals surface area contributed by atoms with E-state index >= 15 is 0 Å². The number of rotatable bonds is 20. The van der Waals surface area contributed by atoms with Gasteiger partial charge in [-0.1, -0.05) is 77.0 Å². The zero-order valence-electron chi connectivity index (χ0n) is 17.9. The Balaban J connectivity index is 3.14. The van der Waals surface area contributed by atoms with Crippen molar-refractivity contribution in [2.45, 2.75) is 128 Å². The number of hydrogen-bond acceptors (Lipinski definition) is 2. The predicted octanol–water partition coefficient (Wildman–Crippen LogP) is 6.96. The van der Waals surface area contributed by atoms with Crippen molar-refractivity contribution in [1.82, 2.24) is 0 Å². The van der Waals surface area contributed by atoms with Crippen LogP contribution in [0.15, 0.2) is 0 Å². The summed E-state index contributed by atoms with van der Waals surface area (Å²) < 4.78 is 0. The third-order valence-corrected chi connectivity index (χ3v) is 5.01. The van der Waals surface area contributed by atoms with Crippen molar-refractivity contribution in [3.8, 4) is 11.8 Å². The van der Waals surface area contributed by atoms with E-state index in [1.54, 1.807) is 0 Å². The van der Waals surface area contributed by atoms with Crippen LogP contribution in [0.2, 0.25) is 0 Å². The second kappa shape index (κ2) is 21.8. The van der Waals surface area contributed by atoms with E-state index in [1.165, 1.54) is 64.2 Å². The molecular weight excluding hydrogens is 352 g/mol. The minimum atomic E-state index is -0.678. The van der Waals surface area contributed by atoms with Crippen LogP contribution in [0.3, 0.4) is 0 Å². The van der Waals surface area contributed by atoms with Crippen LogP contribution in [-0.2, 0) is 9.59 Å². The van der Waals surface area contributed by atoms with Crippen LogP contribution in [0.1, 0.15) is 128 Å². The molecule has 0 aliphatic heterocycles. The molecule has 0 atom stereocenters. The SMILES string of the molecule is O=C(O)CCCCCCCCCCC#CCCCCCCCCCCC(=O)O. The highest BCUT2D eigenvalue weighted by Gasteiger charge is 1.97. The molecule has 0 spiro atoms. The molecule has 0 rings (SSSR count). The Bertz CT molecular complexity index is 396. The zero-order valence-corrected chi connectivity index (χ0v) is 17.9. The third-order valence-electron chi connectivity index (χ3n) is 5.01. The van der Waals surface area contributed by atoms with Crippen molar-refractivity contribution in [2.24, 2.45) is 0 Å². The standard InChI is InChI=1S/C24H42O4/c25-23(26)21-19-17-15-13-11-9-7-5-3-1-2-4-6-8-10-12-14-16-18-20-22-24(27)28/h3-22H2,(H,25,26)(H,27,28). The van der Waals surface area contributed by atoms with E-state index < -0.39 is 11.9 Å². The normalized spacial score (nSPS) is 10.4.